The summed E-state index contributed by atoms with van der Waals surface area (Å²) in [5.74, 6) is -0.920. The van der Waals surface area contributed by atoms with Crippen LogP contribution in [0.5, 0.6) is 5.75 Å². The molecule has 7 heteroatoms. The number of ether oxygens (including phenoxy) is 1. The zero-order valence-electron chi connectivity index (χ0n) is 30.0. The smallest absolute Gasteiger partial charge is 0.127 e. The lowest BCUT2D eigenvalue weighted by Gasteiger charge is -2.11. The highest BCUT2D eigenvalue weighted by atomic mass is 16.5. The van der Waals surface area contributed by atoms with Crippen molar-refractivity contribution in [3.63, 3.8) is 0 Å². The van der Waals surface area contributed by atoms with Gasteiger partial charge in [0.15, 0.2) is 0 Å². The van der Waals surface area contributed by atoms with E-state index in [-0.39, 0.29) is 12.8 Å². The molecule has 0 spiro atoms. The van der Waals surface area contributed by atoms with Crippen LogP contribution in [0.15, 0.2) is 78.9 Å². The van der Waals surface area contributed by atoms with Gasteiger partial charge in [0.25, 0.3) is 0 Å². The Bertz CT molecular complexity index is 1190. The minimum Gasteiger partial charge on any atom is -0.550 e. The molecule has 0 bridgehead atoms. The van der Waals surface area contributed by atoms with Gasteiger partial charge in [0.05, 0.1) is 27.2 Å². The summed E-state index contributed by atoms with van der Waals surface area (Å²) in [6.45, 7) is 4.68. The van der Waals surface area contributed by atoms with Crippen molar-refractivity contribution >= 4 is 17.5 Å². The predicted molar refractivity (Wildman–Crippen MR) is 193 cm³/mol. The van der Waals surface area contributed by atoms with Crippen LogP contribution < -0.4 is 25.6 Å². The second kappa shape index (κ2) is 28.3. The van der Waals surface area contributed by atoms with Gasteiger partial charge in [-0.1, -0.05) is 112 Å². The summed E-state index contributed by atoms with van der Waals surface area (Å²) in [5.41, 5.74) is 8.54. The lowest BCUT2D eigenvalue weighted by atomic mass is 9.93. The van der Waals surface area contributed by atoms with Gasteiger partial charge in [-0.3, -0.25) is 0 Å². The number of benzene rings is 2. The van der Waals surface area contributed by atoms with E-state index in [9.17, 15) is 19.8 Å². The lowest BCUT2D eigenvalue weighted by Crippen LogP contribution is -3.05. The second-order valence-corrected chi connectivity index (χ2v) is 12.5. The molecule has 7 nitrogen and oxygen atoms in total. The van der Waals surface area contributed by atoms with Crippen LogP contribution in [0, 0.1) is 0 Å². The van der Waals surface area contributed by atoms with Crippen molar-refractivity contribution in [2.75, 3.05) is 27.2 Å². The topological polar surface area (TPSA) is 122 Å². The van der Waals surface area contributed by atoms with Gasteiger partial charge < -0.3 is 35.2 Å². The fourth-order valence-electron chi connectivity index (χ4n) is 5.10. The number of rotatable bonds is 20. The van der Waals surface area contributed by atoms with E-state index in [2.05, 4.69) is 99.6 Å². The molecule has 0 fully saturated rings. The van der Waals surface area contributed by atoms with Crippen LogP contribution in [0.2, 0.25) is 0 Å². The van der Waals surface area contributed by atoms with Crippen LogP contribution in [-0.2, 0) is 16.2 Å². The quantitative estimate of drug-likeness (QED) is 0.155. The van der Waals surface area contributed by atoms with E-state index in [1.165, 1.54) is 65.7 Å². The first kappa shape index (κ1) is 42.3. The number of fused-ring (bicyclic) bond motifs is 2. The molecular weight excluding hydrogens is 600 g/mol. The molecule has 4 N–H and O–H groups in total. The summed E-state index contributed by atoms with van der Waals surface area (Å²) < 4.78 is 5.99. The SMILES string of the molecule is CCCCC/C=C\C/C=C\CCCCCCCC(=O)[O-].C[NH+](C)CC/C=C1/c2ccccc2COc2ccccc21.[NH3+]CCCC(=O)[O-]. The van der Waals surface area contributed by atoms with Crippen LogP contribution in [0.1, 0.15) is 120 Å². The standard InChI is InChI=1S/C19H21NO.C18H32O2.C4H9NO2/c1-20(2)13-7-11-17-16-9-4-3-8-15(16)14-21-19-12-6-5-10-18(17)19;1-2-3-4-5-6-7-8-9-10-11-12-13-14-15-16-17-18(19)20;5-3-1-2-4(6)7/h3-6,8-12H,7,13-14H2,1-2H3;6-7,9-10H,2-5,8,11-17H2,1H3,(H,19,20);1-3,5H2,(H,6,7)/b17-11-;7-6-,10-9-;. The maximum absolute atomic E-state index is 10.2. The maximum Gasteiger partial charge on any atom is 0.127 e. The van der Waals surface area contributed by atoms with Crippen molar-refractivity contribution in [2.24, 2.45) is 0 Å². The van der Waals surface area contributed by atoms with Crippen LogP contribution >= 0.6 is 0 Å². The number of carbonyl (C=O) groups is 2. The number of para-hydroxylation sites is 1. The third-order valence-corrected chi connectivity index (χ3v) is 7.82. The highest BCUT2D eigenvalue weighted by Crippen LogP contribution is 2.36. The van der Waals surface area contributed by atoms with Gasteiger partial charge in [-0.05, 0) is 74.1 Å². The van der Waals surface area contributed by atoms with E-state index >= 15 is 0 Å². The number of hydrogen-bond acceptors (Lipinski definition) is 5. The van der Waals surface area contributed by atoms with Crippen molar-refractivity contribution in [2.45, 2.75) is 110 Å². The molecule has 0 radical (unpaired) electrons. The fraction of sp³-hybridized carbons (Fsp3) is 0.512. The van der Waals surface area contributed by atoms with Crippen molar-refractivity contribution < 1.29 is 35.2 Å². The molecule has 0 amide bonds. The Morgan fingerprint density at radius 3 is 1.96 bits per heavy atom. The van der Waals surface area contributed by atoms with Gasteiger partial charge in [-0.2, -0.15) is 0 Å². The summed E-state index contributed by atoms with van der Waals surface area (Å²) in [7, 11) is 4.38. The van der Waals surface area contributed by atoms with Gasteiger partial charge in [-0.15, -0.1) is 0 Å². The fourth-order valence-corrected chi connectivity index (χ4v) is 5.10. The van der Waals surface area contributed by atoms with E-state index in [0.29, 0.717) is 19.6 Å². The maximum atomic E-state index is 10.2. The third kappa shape index (κ3) is 21.2. The zero-order chi connectivity index (χ0) is 35.2. The number of quaternary nitrogens is 2. The molecule has 1 aliphatic heterocycles. The van der Waals surface area contributed by atoms with E-state index in [4.69, 9.17) is 4.74 Å². The largest absolute Gasteiger partial charge is 0.550 e. The Morgan fingerprint density at radius 1 is 0.750 bits per heavy atom. The van der Waals surface area contributed by atoms with Crippen LogP contribution in [-0.4, -0.2) is 39.1 Å². The number of carbonyl (C=O) groups excluding carboxylic acids is 2. The number of carboxylic acid groups (broad SMARTS) is 2. The van der Waals surface area contributed by atoms with E-state index in [0.717, 1.165) is 50.8 Å². The van der Waals surface area contributed by atoms with Crippen LogP contribution in [0.3, 0.4) is 0 Å². The van der Waals surface area contributed by atoms with Crippen molar-refractivity contribution in [3.8, 4) is 5.75 Å². The van der Waals surface area contributed by atoms with Gasteiger partial charge >= 0.3 is 0 Å². The first-order valence-corrected chi connectivity index (χ1v) is 18.1. The molecule has 2 aromatic rings. The Kier molecular flexibility index (Phi) is 25.0. The molecule has 0 atom stereocenters. The van der Waals surface area contributed by atoms with Crippen molar-refractivity contribution in [1.82, 2.24) is 0 Å². The highest BCUT2D eigenvalue weighted by molar-refractivity contribution is 5.84. The number of unbranched alkanes of at least 4 members (excludes halogenated alkanes) is 8. The van der Waals surface area contributed by atoms with E-state index in [1.807, 2.05) is 6.07 Å². The molecule has 2 aromatic carbocycles. The third-order valence-electron chi connectivity index (χ3n) is 7.82. The van der Waals surface area contributed by atoms with E-state index in [1.54, 1.807) is 0 Å². The lowest BCUT2D eigenvalue weighted by molar-refractivity contribution is -0.857. The summed E-state index contributed by atoms with van der Waals surface area (Å²) in [6, 6.07) is 16.9. The Hall–Kier alpha value is -3.68. The average molecular weight is 663 g/mol. The summed E-state index contributed by atoms with van der Waals surface area (Å²) >= 11 is 0. The molecule has 0 aromatic heterocycles. The molecule has 3 rings (SSSR count). The Labute approximate surface area is 290 Å². The molecule has 1 heterocycles. The Morgan fingerprint density at radius 2 is 1.33 bits per heavy atom. The van der Waals surface area contributed by atoms with Gasteiger partial charge in [0, 0.05) is 30.3 Å². The van der Waals surface area contributed by atoms with Crippen LogP contribution in [0.25, 0.3) is 5.57 Å². The molecular formula is C41H62N2O5. The molecule has 1 aliphatic rings. The molecule has 48 heavy (non-hydrogen) atoms. The number of carboxylic acids is 2. The summed E-state index contributed by atoms with van der Waals surface area (Å²) in [6.07, 6.45) is 26.1. The average Bonchev–Trinajstić information content (AvgIpc) is 3.23. The molecule has 0 saturated carbocycles. The van der Waals surface area contributed by atoms with Gasteiger partial charge in [0.1, 0.15) is 12.4 Å². The molecule has 0 unspecified atom stereocenters. The Balaban J connectivity index is 0.000000402. The minimum atomic E-state index is -0.983. The van der Waals surface area contributed by atoms with Gasteiger partial charge in [0.2, 0.25) is 0 Å². The van der Waals surface area contributed by atoms with Gasteiger partial charge in [-0.25, -0.2) is 0 Å². The minimum absolute atomic E-state index is 0.142. The molecule has 0 aliphatic carbocycles. The van der Waals surface area contributed by atoms with Crippen LogP contribution in [0.4, 0.5) is 0 Å². The number of aliphatic carboxylic acids is 2. The van der Waals surface area contributed by atoms with Crippen molar-refractivity contribution in [3.05, 3.63) is 95.6 Å². The number of hydrogen-bond donors (Lipinski definition) is 2. The van der Waals surface area contributed by atoms with E-state index < -0.39 is 11.9 Å². The summed E-state index contributed by atoms with van der Waals surface area (Å²) in [4.78, 5) is 21.3. The zero-order valence-corrected chi connectivity index (χ0v) is 30.0. The number of allylic oxidation sites excluding steroid dienone is 4. The molecule has 266 valence electrons. The van der Waals surface area contributed by atoms with Crippen molar-refractivity contribution in [1.29, 1.82) is 0 Å². The normalized spacial score (nSPS) is 12.8. The first-order valence-electron chi connectivity index (χ1n) is 18.1. The highest BCUT2D eigenvalue weighted by Gasteiger charge is 2.18. The number of nitrogens with one attached hydrogen (secondary N) is 1. The molecule has 0 saturated heterocycles. The predicted octanol–water partition coefficient (Wildman–Crippen LogP) is 4.85. The second-order valence-electron chi connectivity index (χ2n) is 12.5. The summed E-state index contributed by atoms with van der Waals surface area (Å²) in [5, 5.41) is 19.8. The first-order chi connectivity index (χ1) is 23.3. The monoisotopic (exact) mass is 662 g/mol.